The molecular weight excluding hydrogens is 258 g/mol. The summed E-state index contributed by atoms with van der Waals surface area (Å²) in [6, 6.07) is 15.4. The highest BCUT2D eigenvalue weighted by molar-refractivity contribution is 5.86. The van der Waals surface area contributed by atoms with Crippen LogP contribution in [0.3, 0.4) is 0 Å². The van der Waals surface area contributed by atoms with Crippen molar-refractivity contribution < 1.29 is 0 Å². The van der Waals surface area contributed by atoms with Crippen molar-refractivity contribution in [3.05, 3.63) is 72.3 Å². The molecule has 3 rings (SSSR count). The maximum atomic E-state index is 4.35. The molecule has 3 nitrogen and oxygen atoms in total. The van der Waals surface area contributed by atoms with Crippen molar-refractivity contribution in [3.8, 4) is 0 Å². The Labute approximate surface area is 125 Å². The van der Waals surface area contributed by atoms with Gasteiger partial charge in [0.05, 0.1) is 5.69 Å². The lowest BCUT2D eigenvalue weighted by molar-refractivity contribution is 0.251. The Bertz CT molecular complexity index is 719. The summed E-state index contributed by atoms with van der Waals surface area (Å²) in [6.45, 7) is 3.02. The quantitative estimate of drug-likeness (QED) is 0.726. The Kier molecular flexibility index (Phi) is 3.93. The van der Waals surface area contributed by atoms with E-state index >= 15 is 0 Å². The fraction of sp³-hybridized carbons (Fsp3) is 0.222. The summed E-state index contributed by atoms with van der Waals surface area (Å²) in [5, 5.41) is 2.60. The smallest absolute Gasteiger partial charge is 0.0726 e. The van der Waals surface area contributed by atoms with Gasteiger partial charge in [0, 0.05) is 31.2 Å². The molecule has 3 aromatic rings. The number of nitrogens with zero attached hydrogens (tertiary/aromatic N) is 3. The largest absolute Gasteiger partial charge is 0.294 e. The molecule has 0 saturated heterocycles. The van der Waals surface area contributed by atoms with Crippen LogP contribution < -0.4 is 0 Å². The predicted octanol–water partition coefficient (Wildman–Crippen LogP) is 3.82. The molecule has 0 aliphatic rings. The van der Waals surface area contributed by atoms with Crippen molar-refractivity contribution in [2.45, 2.75) is 19.5 Å². The molecule has 3 heteroatoms. The first kappa shape index (κ1) is 13.7. The average Bonchev–Trinajstić information content (AvgIpc) is 2.54. The minimum Gasteiger partial charge on any atom is -0.294 e. The van der Waals surface area contributed by atoms with Gasteiger partial charge in [0.2, 0.25) is 0 Å². The van der Waals surface area contributed by atoms with Crippen molar-refractivity contribution >= 4 is 10.8 Å². The third-order valence-electron chi connectivity index (χ3n) is 3.96. The van der Waals surface area contributed by atoms with E-state index in [0.29, 0.717) is 6.04 Å². The van der Waals surface area contributed by atoms with Crippen molar-refractivity contribution in [3.63, 3.8) is 0 Å². The lowest BCUT2D eigenvalue weighted by Crippen LogP contribution is -2.22. The minimum absolute atomic E-state index is 0.318. The van der Waals surface area contributed by atoms with Crippen LogP contribution in [0, 0.1) is 0 Å². The van der Waals surface area contributed by atoms with Crippen LogP contribution in [0.1, 0.15) is 24.2 Å². The molecule has 0 radical (unpaired) electrons. The van der Waals surface area contributed by atoms with E-state index in [1.165, 1.54) is 16.3 Å². The first-order valence-electron chi connectivity index (χ1n) is 7.18. The molecule has 0 bridgehead atoms. The first-order chi connectivity index (χ1) is 10.3. The highest BCUT2D eigenvalue weighted by Crippen LogP contribution is 2.27. The molecule has 0 N–H and O–H groups in total. The number of aromatic nitrogens is 2. The highest BCUT2D eigenvalue weighted by atomic mass is 15.1. The maximum Gasteiger partial charge on any atom is 0.0726 e. The van der Waals surface area contributed by atoms with Crippen molar-refractivity contribution in [2.75, 3.05) is 7.05 Å². The molecule has 0 aliphatic heterocycles. The molecule has 1 heterocycles. The third kappa shape index (κ3) is 2.93. The van der Waals surface area contributed by atoms with Gasteiger partial charge >= 0.3 is 0 Å². The lowest BCUT2D eigenvalue weighted by Gasteiger charge is -2.25. The van der Waals surface area contributed by atoms with Crippen LogP contribution in [-0.2, 0) is 6.54 Å². The zero-order valence-electron chi connectivity index (χ0n) is 12.4. The Morgan fingerprint density at radius 3 is 2.67 bits per heavy atom. The van der Waals surface area contributed by atoms with Gasteiger partial charge in [-0.15, -0.1) is 0 Å². The Balaban J connectivity index is 1.88. The van der Waals surface area contributed by atoms with E-state index in [1.807, 2.05) is 6.20 Å². The van der Waals surface area contributed by atoms with Gasteiger partial charge in [0.1, 0.15) is 0 Å². The fourth-order valence-corrected chi connectivity index (χ4v) is 2.66. The van der Waals surface area contributed by atoms with Gasteiger partial charge in [0.25, 0.3) is 0 Å². The molecule has 1 atom stereocenters. The summed E-state index contributed by atoms with van der Waals surface area (Å²) in [5.74, 6) is 0. The van der Waals surface area contributed by atoms with Crippen LogP contribution in [0.5, 0.6) is 0 Å². The molecule has 21 heavy (non-hydrogen) atoms. The molecule has 0 fully saturated rings. The molecule has 0 saturated carbocycles. The second kappa shape index (κ2) is 6.02. The third-order valence-corrected chi connectivity index (χ3v) is 3.96. The van der Waals surface area contributed by atoms with Crippen LogP contribution in [0.4, 0.5) is 0 Å². The molecule has 0 aliphatic carbocycles. The summed E-state index contributed by atoms with van der Waals surface area (Å²) in [4.78, 5) is 10.8. The maximum absolute atomic E-state index is 4.35. The SMILES string of the molecule is C[C@H](c1cccc2ccccc12)N(C)Cc1cnccn1. The van der Waals surface area contributed by atoms with Gasteiger partial charge in [-0.25, -0.2) is 0 Å². The molecular formula is C18H19N3. The van der Waals surface area contributed by atoms with Crippen LogP contribution in [0.2, 0.25) is 0 Å². The van der Waals surface area contributed by atoms with Crippen LogP contribution in [-0.4, -0.2) is 21.9 Å². The summed E-state index contributed by atoms with van der Waals surface area (Å²) in [5.41, 5.74) is 2.34. The topological polar surface area (TPSA) is 29.0 Å². The molecule has 0 unspecified atom stereocenters. The van der Waals surface area contributed by atoms with E-state index in [0.717, 1.165) is 12.2 Å². The molecule has 1 aromatic heterocycles. The Morgan fingerprint density at radius 1 is 1.05 bits per heavy atom. The van der Waals surface area contributed by atoms with Gasteiger partial charge < -0.3 is 0 Å². The summed E-state index contributed by atoms with van der Waals surface area (Å²) < 4.78 is 0. The van der Waals surface area contributed by atoms with Gasteiger partial charge in [0.15, 0.2) is 0 Å². The van der Waals surface area contributed by atoms with Crippen LogP contribution in [0.15, 0.2) is 61.1 Å². The second-order valence-electron chi connectivity index (χ2n) is 5.36. The molecule has 0 spiro atoms. The molecule has 2 aromatic carbocycles. The Hall–Kier alpha value is -2.26. The number of rotatable bonds is 4. The van der Waals surface area contributed by atoms with Crippen LogP contribution >= 0.6 is 0 Å². The van der Waals surface area contributed by atoms with Crippen LogP contribution in [0.25, 0.3) is 10.8 Å². The van der Waals surface area contributed by atoms with E-state index in [-0.39, 0.29) is 0 Å². The van der Waals surface area contributed by atoms with Gasteiger partial charge in [-0.3, -0.25) is 14.9 Å². The molecule has 106 valence electrons. The summed E-state index contributed by atoms with van der Waals surface area (Å²) in [6.07, 6.45) is 5.27. The van der Waals surface area contributed by atoms with Crippen molar-refractivity contribution in [2.24, 2.45) is 0 Å². The fourth-order valence-electron chi connectivity index (χ4n) is 2.66. The van der Waals surface area contributed by atoms with E-state index in [1.54, 1.807) is 12.4 Å². The Morgan fingerprint density at radius 2 is 1.86 bits per heavy atom. The van der Waals surface area contributed by atoms with E-state index < -0.39 is 0 Å². The number of benzene rings is 2. The van der Waals surface area contributed by atoms with Gasteiger partial charge in [-0.05, 0) is 30.3 Å². The monoisotopic (exact) mass is 277 g/mol. The second-order valence-corrected chi connectivity index (χ2v) is 5.36. The normalized spacial score (nSPS) is 12.7. The minimum atomic E-state index is 0.318. The molecule has 0 amide bonds. The van der Waals surface area contributed by atoms with Crippen molar-refractivity contribution in [1.29, 1.82) is 0 Å². The summed E-state index contributed by atoms with van der Waals surface area (Å²) in [7, 11) is 2.13. The average molecular weight is 277 g/mol. The number of fused-ring (bicyclic) bond motifs is 1. The predicted molar refractivity (Wildman–Crippen MR) is 85.9 cm³/mol. The first-order valence-corrected chi connectivity index (χ1v) is 7.18. The van der Waals surface area contributed by atoms with Crippen molar-refractivity contribution in [1.82, 2.24) is 14.9 Å². The van der Waals surface area contributed by atoms with E-state index in [2.05, 4.69) is 71.3 Å². The van der Waals surface area contributed by atoms with Gasteiger partial charge in [-0.2, -0.15) is 0 Å². The van der Waals surface area contributed by atoms with Gasteiger partial charge in [-0.1, -0.05) is 42.5 Å². The van der Waals surface area contributed by atoms with E-state index in [4.69, 9.17) is 0 Å². The number of hydrogen-bond donors (Lipinski definition) is 0. The standard InChI is InChI=1S/C18H19N3/c1-14(21(2)13-16-12-19-10-11-20-16)17-9-5-7-15-6-3-4-8-18(15)17/h3-12,14H,13H2,1-2H3/t14-/m1/s1. The zero-order chi connectivity index (χ0) is 14.7. The highest BCUT2D eigenvalue weighted by Gasteiger charge is 2.14. The lowest BCUT2D eigenvalue weighted by atomic mass is 9.99. The summed E-state index contributed by atoms with van der Waals surface area (Å²) >= 11 is 0. The van der Waals surface area contributed by atoms with E-state index in [9.17, 15) is 0 Å². The number of hydrogen-bond acceptors (Lipinski definition) is 3. The zero-order valence-corrected chi connectivity index (χ0v) is 12.4.